The van der Waals surface area contributed by atoms with Crippen molar-refractivity contribution in [3.05, 3.63) is 47.7 Å². The van der Waals surface area contributed by atoms with Gasteiger partial charge in [-0.15, -0.1) is 0 Å². The van der Waals surface area contributed by atoms with Crippen molar-refractivity contribution in [3.63, 3.8) is 0 Å². The number of aliphatic imine (C=N–C) groups is 2. The largest absolute Gasteiger partial charge is 0.466 e. The van der Waals surface area contributed by atoms with Crippen molar-refractivity contribution in [1.82, 2.24) is 0 Å². The summed E-state index contributed by atoms with van der Waals surface area (Å²) >= 11 is 0. The van der Waals surface area contributed by atoms with Gasteiger partial charge in [-0.2, -0.15) is 0 Å². The summed E-state index contributed by atoms with van der Waals surface area (Å²) in [5.74, 6) is 0.365. The quantitative estimate of drug-likeness (QED) is 0.726. The molecule has 1 atom stereocenters. The van der Waals surface area contributed by atoms with Gasteiger partial charge in [-0.1, -0.05) is 24.3 Å². The molecular formula is C15H14N2O2. The number of esters is 1. The van der Waals surface area contributed by atoms with Gasteiger partial charge in [0.2, 0.25) is 0 Å². The molecule has 1 unspecified atom stereocenters. The highest BCUT2D eigenvalue weighted by Gasteiger charge is 2.29. The van der Waals surface area contributed by atoms with E-state index in [0.29, 0.717) is 12.4 Å². The van der Waals surface area contributed by atoms with Crippen LogP contribution in [-0.2, 0) is 9.53 Å². The lowest BCUT2D eigenvalue weighted by Gasteiger charge is -2.27. The SMILES string of the molecule is CCOC(=O)CC1=NC2=CC=CC3=CC=CC(=N1)C32. The second-order valence-electron chi connectivity index (χ2n) is 4.46. The first kappa shape index (κ1) is 11.8. The van der Waals surface area contributed by atoms with Crippen LogP contribution in [0.3, 0.4) is 0 Å². The van der Waals surface area contributed by atoms with Crippen LogP contribution in [0, 0.1) is 5.92 Å². The van der Waals surface area contributed by atoms with Gasteiger partial charge < -0.3 is 4.74 Å². The number of amidine groups is 1. The highest BCUT2D eigenvalue weighted by atomic mass is 16.5. The molecule has 19 heavy (non-hydrogen) atoms. The van der Waals surface area contributed by atoms with Gasteiger partial charge in [-0.3, -0.25) is 4.79 Å². The standard InChI is InChI=1S/C15H14N2O2/c1-2-19-14(18)9-13-16-11-7-3-5-10-6-4-8-12(17-13)15(10)11/h3-8,15H,2,9H2,1H3. The number of allylic oxidation sites excluding steroid dienone is 7. The number of rotatable bonds is 3. The van der Waals surface area contributed by atoms with Crippen LogP contribution in [0.25, 0.3) is 0 Å². The van der Waals surface area contributed by atoms with Crippen LogP contribution >= 0.6 is 0 Å². The summed E-state index contributed by atoms with van der Waals surface area (Å²) in [7, 11) is 0. The number of hydrogen-bond acceptors (Lipinski definition) is 4. The summed E-state index contributed by atoms with van der Waals surface area (Å²) in [5, 5.41) is 0. The average molecular weight is 254 g/mol. The summed E-state index contributed by atoms with van der Waals surface area (Å²) in [6.45, 7) is 2.17. The molecule has 1 aliphatic heterocycles. The van der Waals surface area contributed by atoms with E-state index in [9.17, 15) is 4.79 Å². The van der Waals surface area contributed by atoms with Gasteiger partial charge in [0.25, 0.3) is 0 Å². The summed E-state index contributed by atoms with van der Waals surface area (Å²) in [5.41, 5.74) is 3.09. The van der Waals surface area contributed by atoms with E-state index in [4.69, 9.17) is 4.74 Å². The highest BCUT2D eigenvalue weighted by molar-refractivity contribution is 6.13. The van der Waals surface area contributed by atoms with Crippen molar-refractivity contribution >= 4 is 17.5 Å². The summed E-state index contributed by atoms with van der Waals surface area (Å²) in [6.07, 6.45) is 12.2. The zero-order valence-corrected chi connectivity index (χ0v) is 10.7. The molecule has 3 aliphatic rings. The summed E-state index contributed by atoms with van der Waals surface area (Å²) in [6, 6.07) is 0. The van der Waals surface area contributed by atoms with Gasteiger partial charge in [0.1, 0.15) is 12.3 Å². The molecule has 4 nitrogen and oxygen atoms in total. The van der Waals surface area contributed by atoms with E-state index >= 15 is 0 Å². The first-order chi connectivity index (χ1) is 9.28. The molecule has 0 N–H and O–H groups in total. The Morgan fingerprint density at radius 3 is 2.95 bits per heavy atom. The third-order valence-corrected chi connectivity index (χ3v) is 3.16. The van der Waals surface area contributed by atoms with E-state index in [1.165, 1.54) is 5.57 Å². The highest BCUT2D eigenvalue weighted by Crippen LogP contribution is 2.33. The van der Waals surface area contributed by atoms with Crippen molar-refractivity contribution < 1.29 is 9.53 Å². The van der Waals surface area contributed by atoms with Gasteiger partial charge in [-0.05, 0) is 24.6 Å². The Bertz CT molecular complexity index is 602. The topological polar surface area (TPSA) is 51.0 Å². The van der Waals surface area contributed by atoms with Gasteiger partial charge in [0, 0.05) is 0 Å². The number of carbonyl (C=O) groups excluding carboxylic acids is 1. The minimum absolute atomic E-state index is 0.123. The molecule has 4 heteroatoms. The van der Waals surface area contributed by atoms with Gasteiger partial charge in [-0.25, -0.2) is 9.98 Å². The molecule has 0 fully saturated rings. The maximum Gasteiger partial charge on any atom is 0.313 e. The Balaban J connectivity index is 1.90. The van der Waals surface area contributed by atoms with E-state index in [2.05, 4.69) is 22.1 Å². The van der Waals surface area contributed by atoms with Gasteiger partial charge in [0.15, 0.2) is 0 Å². The van der Waals surface area contributed by atoms with Gasteiger partial charge >= 0.3 is 5.97 Å². The Hall–Kier alpha value is -2.23. The molecule has 3 rings (SSSR count). The number of ether oxygens (including phenoxy) is 1. The van der Waals surface area contributed by atoms with Crippen LogP contribution in [0.5, 0.6) is 0 Å². The molecule has 2 aliphatic carbocycles. The molecule has 96 valence electrons. The van der Waals surface area contributed by atoms with E-state index < -0.39 is 0 Å². The molecule has 0 saturated heterocycles. The Morgan fingerprint density at radius 2 is 2.11 bits per heavy atom. The molecular weight excluding hydrogens is 240 g/mol. The van der Waals surface area contributed by atoms with Crippen molar-refractivity contribution in [2.45, 2.75) is 13.3 Å². The minimum Gasteiger partial charge on any atom is -0.466 e. The molecule has 0 spiro atoms. The van der Waals surface area contributed by atoms with E-state index in [0.717, 1.165) is 11.4 Å². The average Bonchev–Trinajstić information content (AvgIpc) is 2.39. The lowest BCUT2D eigenvalue weighted by Crippen LogP contribution is -2.26. The molecule has 0 aromatic heterocycles. The maximum absolute atomic E-state index is 11.5. The van der Waals surface area contributed by atoms with Gasteiger partial charge in [0.05, 0.1) is 23.9 Å². The van der Waals surface area contributed by atoms with E-state index in [1.807, 2.05) is 24.3 Å². The van der Waals surface area contributed by atoms with Crippen molar-refractivity contribution in [2.24, 2.45) is 15.9 Å². The van der Waals surface area contributed by atoms with Crippen molar-refractivity contribution in [1.29, 1.82) is 0 Å². The lowest BCUT2D eigenvalue weighted by atomic mass is 9.83. The minimum atomic E-state index is -0.286. The summed E-state index contributed by atoms with van der Waals surface area (Å²) < 4.78 is 4.93. The van der Waals surface area contributed by atoms with Crippen LogP contribution < -0.4 is 0 Å². The van der Waals surface area contributed by atoms with Crippen LogP contribution in [0.4, 0.5) is 0 Å². The van der Waals surface area contributed by atoms with Crippen LogP contribution in [-0.4, -0.2) is 24.1 Å². The Morgan fingerprint density at radius 1 is 1.26 bits per heavy atom. The molecule has 0 amide bonds. The third-order valence-electron chi connectivity index (χ3n) is 3.16. The van der Waals surface area contributed by atoms with Crippen molar-refractivity contribution in [3.8, 4) is 0 Å². The molecule has 0 aromatic rings. The van der Waals surface area contributed by atoms with Crippen LogP contribution in [0.1, 0.15) is 13.3 Å². The molecule has 0 radical (unpaired) electrons. The fourth-order valence-corrected chi connectivity index (χ4v) is 2.40. The maximum atomic E-state index is 11.5. The summed E-state index contributed by atoms with van der Waals surface area (Å²) in [4.78, 5) is 20.5. The Labute approximate surface area is 111 Å². The van der Waals surface area contributed by atoms with E-state index in [-0.39, 0.29) is 18.3 Å². The second-order valence-corrected chi connectivity index (χ2v) is 4.46. The predicted octanol–water partition coefficient (Wildman–Crippen LogP) is 2.36. The lowest BCUT2D eigenvalue weighted by molar-refractivity contribution is -0.141. The van der Waals surface area contributed by atoms with Crippen molar-refractivity contribution in [2.75, 3.05) is 6.61 Å². The van der Waals surface area contributed by atoms with Crippen LogP contribution in [0.15, 0.2) is 57.7 Å². The first-order valence-corrected chi connectivity index (χ1v) is 6.36. The second kappa shape index (κ2) is 4.80. The first-order valence-electron chi connectivity index (χ1n) is 6.36. The molecule has 0 saturated carbocycles. The number of carbonyl (C=O) groups is 1. The number of hydrogen-bond donors (Lipinski definition) is 0. The van der Waals surface area contributed by atoms with Crippen LogP contribution in [0.2, 0.25) is 0 Å². The molecule has 0 bridgehead atoms. The molecule has 0 aromatic carbocycles. The van der Waals surface area contributed by atoms with E-state index in [1.54, 1.807) is 6.92 Å². The predicted molar refractivity (Wildman–Crippen MR) is 74.1 cm³/mol. The monoisotopic (exact) mass is 254 g/mol. The fraction of sp³-hybridized carbons (Fsp3) is 0.267. The fourth-order valence-electron chi connectivity index (χ4n) is 2.40. The zero-order chi connectivity index (χ0) is 13.2. The smallest absolute Gasteiger partial charge is 0.313 e. The molecule has 1 heterocycles. The third kappa shape index (κ3) is 2.21. The normalized spacial score (nSPS) is 22.9. The number of nitrogens with zero attached hydrogens (tertiary/aromatic N) is 2. The Kier molecular flexibility index (Phi) is 2.99. The zero-order valence-electron chi connectivity index (χ0n) is 10.7.